The lowest BCUT2D eigenvalue weighted by molar-refractivity contribution is 0.0988. The number of carbonyl (C=O) groups excluding carboxylic acids is 1. The highest BCUT2D eigenvalue weighted by Crippen LogP contribution is 2.31. The van der Waals surface area contributed by atoms with E-state index >= 15 is 0 Å². The Morgan fingerprint density at radius 1 is 1.53 bits per heavy atom. The Balaban J connectivity index is 2.39. The second-order valence-corrected chi connectivity index (χ2v) is 3.73. The van der Waals surface area contributed by atoms with Crippen molar-refractivity contribution in [3.63, 3.8) is 0 Å². The number of hydrogen-bond donors (Lipinski definition) is 0. The Kier molecular flexibility index (Phi) is 2.62. The highest BCUT2D eigenvalue weighted by molar-refractivity contribution is 5.97. The monoisotopic (exact) mass is 205 g/mol. The van der Waals surface area contributed by atoms with Gasteiger partial charge in [-0.2, -0.15) is 0 Å². The minimum Gasteiger partial charge on any atom is -0.490 e. The summed E-state index contributed by atoms with van der Waals surface area (Å²) >= 11 is 0. The van der Waals surface area contributed by atoms with Crippen LogP contribution >= 0.6 is 0 Å². The number of ketones is 1. The zero-order valence-corrected chi connectivity index (χ0v) is 9.12. The molecule has 0 N–H and O–H groups in total. The summed E-state index contributed by atoms with van der Waals surface area (Å²) in [6.45, 7) is 3.46. The van der Waals surface area contributed by atoms with Crippen molar-refractivity contribution in [1.82, 2.24) is 0 Å². The number of Topliss-reactive ketones (excluding diaryl/α,β-unsaturated/α-hetero) is 1. The van der Waals surface area contributed by atoms with Gasteiger partial charge in [0.25, 0.3) is 0 Å². The molecule has 3 nitrogen and oxygen atoms in total. The largest absolute Gasteiger partial charge is 0.490 e. The van der Waals surface area contributed by atoms with Crippen LogP contribution in [0.4, 0.5) is 5.69 Å². The zero-order valence-electron chi connectivity index (χ0n) is 9.12. The highest BCUT2D eigenvalue weighted by Gasteiger charge is 2.16. The Morgan fingerprint density at radius 2 is 2.33 bits per heavy atom. The SMILES string of the molecule is CCC(=O)c1ccc2c(c1)N(C)CCO2. The van der Waals surface area contributed by atoms with Crippen molar-refractivity contribution in [3.05, 3.63) is 23.8 Å². The summed E-state index contributed by atoms with van der Waals surface area (Å²) in [6, 6.07) is 5.64. The first kappa shape index (κ1) is 10.0. The Morgan fingerprint density at radius 3 is 3.07 bits per heavy atom. The molecule has 3 heteroatoms. The first-order valence-electron chi connectivity index (χ1n) is 5.23. The van der Waals surface area contributed by atoms with Gasteiger partial charge in [-0.05, 0) is 18.2 Å². The molecule has 1 heterocycles. The number of hydrogen-bond acceptors (Lipinski definition) is 3. The molecule has 2 rings (SSSR count). The number of rotatable bonds is 2. The zero-order chi connectivity index (χ0) is 10.8. The molecule has 1 aliphatic heterocycles. The van der Waals surface area contributed by atoms with Crippen molar-refractivity contribution in [2.24, 2.45) is 0 Å². The number of anilines is 1. The van der Waals surface area contributed by atoms with Gasteiger partial charge in [0.2, 0.25) is 0 Å². The standard InChI is InChI=1S/C12H15NO2/c1-3-11(14)9-4-5-12-10(8-9)13(2)6-7-15-12/h4-5,8H,3,6-7H2,1-2H3. The van der Waals surface area contributed by atoms with Crippen LogP contribution in [0.5, 0.6) is 5.75 Å². The molecule has 1 aromatic carbocycles. The molecule has 0 aromatic heterocycles. The van der Waals surface area contributed by atoms with Gasteiger partial charge in [-0.1, -0.05) is 6.92 Å². The number of nitrogens with zero attached hydrogens (tertiary/aromatic N) is 1. The van der Waals surface area contributed by atoms with E-state index in [2.05, 4.69) is 4.90 Å². The molecule has 0 unspecified atom stereocenters. The van der Waals surface area contributed by atoms with E-state index in [1.165, 1.54) is 0 Å². The molecule has 1 aliphatic rings. The van der Waals surface area contributed by atoms with Crippen molar-refractivity contribution >= 4 is 11.5 Å². The minimum absolute atomic E-state index is 0.178. The maximum absolute atomic E-state index is 11.5. The van der Waals surface area contributed by atoms with Crippen LogP contribution in [0, 0.1) is 0 Å². The molecule has 0 spiro atoms. The summed E-state index contributed by atoms with van der Waals surface area (Å²) in [5.41, 5.74) is 1.79. The summed E-state index contributed by atoms with van der Waals surface area (Å²) < 4.78 is 5.51. The highest BCUT2D eigenvalue weighted by atomic mass is 16.5. The van der Waals surface area contributed by atoms with Gasteiger partial charge in [0.05, 0.1) is 12.2 Å². The van der Waals surface area contributed by atoms with E-state index in [9.17, 15) is 4.79 Å². The molecule has 0 saturated heterocycles. The molecule has 1 aromatic rings. The maximum atomic E-state index is 11.5. The molecule has 0 bridgehead atoms. The van der Waals surface area contributed by atoms with Gasteiger partial charge in [0.15, 0.2) is 5.78 Å². The Bertz CT molecular complexity index is 387. The molecular weight excluding hydrogens is 190 g/mol. The van der Waals surface area contributed by atoms with Crippen LogP contribution in [-0.4, -0.2) is 26.0 Å². The third kappa shape index (κ3) is 1.82. The molecular formula is C12H15NO2. The van der Waals surface area contributed by atoms with Gasteiger partial charge in [-0.3, -0.25) is 4.79 Å². The van der Waals surface area contributed by atoms with Gasteiger partial charge >= 0.3 is 0 Å². The first-order valence-corrected chi connectivity index (χ1v) is 5.23. The van der Waals surface area contributed by atoms with Crippen LogP contribution in [-0.2, 0) is 0 Å². The minimum atomic E-state index is 0.178. The number of ether oxygens (including phenoxy) is 1. The van der Waals surface area contributed by atoms with E-state index in [0.717, 1.165) is 23.5 Å². The molecule has 0 atom stereocenters. The first-order chi connectivity index (χ1) is 7.22. The molecule has 0 radical (unpaired) electrons. The van der Waals surface area contributed by atoms with Gasteiger partial charge in [0, 0.05) is 19.0 Å². The smallest absolute Gasteiger partial charge is 0.162 e. The fourth-order valence-corrected chi connectivity index (χ4v) is 1.73. The molecule has 15 heavy (non-hydrogen) atoms. The lowest BCUT2D eigenvalue weighted by Gasteiger charge is -2.27. The van der Waals surface area contributed by atoms with E-state index in [1.54, 1.807) is 0 Å². The lowest BCUT2D eigenvalue weighted by atomic mass is 10.1. The summed E-state index contributed by atoms with van der Waals surface area (Å²) in [5.74, 6) is 1.05. The van der Waals surface area contributed by atoms with Crippen LogP contribution in [0.3, 0.4) is 0 Å². The fraction of sp³-hybridized carbons (Fsp3) is 0.417. The van der Waals surface area contributed by atoms with E-state index in [4.69, 9.17) is 4.74 Å². The van der Waals surface area contributed by atoms with Crippen LogP contribution in [0.25, 0.3) is 0 Å². The van der Waals surface area contributed by atoms with Crippen LogP contribution in [0.1, 0.15) is 23.7 Å². The quantitative estimate of drug-likeness (QED) is 0.692. The van der Waals surface area contributed by atoms with E-state index in [-0.39, 0.29) is 5.78 Å². The summed E-state index contributed by atoms with van der Waals surface area (Å²) in [6.07, 6.45) is 0.545. The van der Waals surface area contributed by atoms with Gasteiger partial charge in [-0.15, -0.1) is 0 Å². The van der Waals surface area contributed by atoms with Crippen molar-refractivity contribution in [2.45, 2.75) is 13.3 Å². The Hall–Kier alpha value is -1.51. The second kappa shape index (κ2) is 3.93. The van der Waals surface area contributed by atoms with Gasteiger partial charge in [0.1, 0.15) is 12.4 Å². The van der Waals surface area contributed by atoms with E-state index in [1.807, 2.05) is 32.2 Å². The normalized spacial score (nSPS) is 14.4. The topological polar surface area (TPSA) is 29.5 Å². The fourth-order valence-electron chi connectivity index (χ4n) is 1.73. The molecule has 0 amide bonds. The van der Waals surface area contributed by atoms with Gasteiger partial charge < -0.3 is 9.64 Å². The molecule has 80 valence electrons. The van der Waals surface area contributed by atoms with Crippen molar-refractivity contribution in [3.8, 4) is 5.75 Å². The van der Waals surface area contributed by atoms with Crippen LogP contribution in [0.15, 0.2) is 18.2 Å². The van der Waals surface area contributed by atoms with Crippen molar-refractivity contribution in [2.75, 3.05) is 25.1 Å². The van der Waals surface area contributed by atoms with Crippen molar-refractivity contribution in [1.29, 1.82) is 0 Å². The Labute approximate surface area is 89.7 Å². The van der Waals surface area contributed by atoms with Gasteiger partial charge in [-0.25, -0.2) is 0 Å². The van der Waals surface area contributed by atoms with E-state index in [0.29, 0.717) is 13.0 Å². The van der Waals surface area contributed by atoms with Crippen molar-refractivity contribution < 1.29 is 9.53 Å². The van der Waals surface area contributed by atoms with Crippen LogP contribution in [0.2, 0.25) is 0 Å². The number of likely N-dealkylation sites (N-methyl/N-ethyl adjacent to an activating group) is 1. The predicted octanol–water partition coefficient (Wildman–Crippen LogP) is 2.11. The number of benzene rings is 1. The lowest BCUT2D eigenvalue weighted by Crippen LogP contribution is -2.28. The second-order valence-electron chi connectivity index (χ2n) is 3.73. The molecule has 0 fully saturated rings. The molecule has 0 saturated carbocycles. The summed E-state index contributed by atoms with van der Waals surface area (Å²) in [5, 5.41) is 0. The number of carbonyl (C=O) groups is 1. The maximum Gasteiger partial charge on any atom is 0.162 e. The van der Waals surface area contributed by atoms with E-state index < -0.39 is 0 Å². The predicted molar refractivity (Wildman–Crippen MR) is 59.8 cm³/mol. The average molecular weight is 205 g/mol. The third-order valence-corrected chi connectivity index (χ3v) is 2.70. The third-order valence-electron chi connectivity index (χ3n) is 2.70. The number of fused-ring (bicyclic) bond motifs is 1. The summed E-state index contributed by atoms with van der Waals surface area (Å²) in [4.78, 5) is 13.7. The van der Waals surface area contributed by atoms with Crippen LogP contribution < -0.4 is 9.64 Å². The summed E-state index contributed by atoms with van der Waals surface area (Å²) in [7, 11) is 2.02. The molecule has 0 aliphatic carbocycles. The average Bonchev–Trinajstić information content (AvgIpc) is 2.28.